The maximum atomic E-state index is 12.1. The number of piperazine rings is 1. The SMILES string of the molecule is C[C@@H]1CC2CNCC1N2C(=O)OC(C)(C)C. The molecule has 0 aromatic carbocycles. The van der Waals surface area contributed by atoms with Gasteiger partial charge in [0.15, 0.2) is 0 Å². The van der Waals surface area contributed by atoms with Crippen molar-refractivity contribution in [2.45, 2.75) is 51.8 Å². The number of rotatable bonds is 0. The van der Waals surface area contributed by atoms with E-state index in [1.165, 1.54) is 0 Å². The highest BCUT2D eigenvalue weighted by molar-refractivity contribution is 5.69. The van der Waals surface area contributed by atoms with Crippen molar-refractivity contribution in [1.29, 1.82) is 0 Å². The highest BCUT2D eigenvalue weighted by Gasteiger charge is 2.45. The molecule has 2 rings (SSSR count). The van der Waals surface area contributed by atoms with Gasteiger partial charge in [-0.05, 0) is 33.1 Å². The molecule has 4 nitrogen and oxygen atoms in total. The van der Waals surface area contributed by atoms with Crippen molar-refractivity contribution in [3.63, 3.8) is 0 Å². The number of hydrogen-bond acceptors (Lipinski definition) is 3. The van der Waals surface area contributed by atoms with E-state index >= 15 is 0 Å². The molecule has 4 heteroatoms. The molecule has 0 saturated carbocycles. The zero-order valence-electron chi connectivity index (χ0n) is 10.6. The average Bonchev–Trinajstić information content (AvgIpc) is 2.31. The molecule has 0 radical (unpaired) electrons. The van der Waals surface area contributed by atoms with Gasteiger partial charge in [-0.2, -0.15) is 0 Å². The minimum Gasteiger partial charge on any atom is -0.444 e. The summed E-state index contributed by atoms with van der Waals surface area (Å²) in [6.45, 7) is 9.77. The van der Waals surface area contributed by atoms with Crippen LogP contribution < -0.4 is 5.32 Å². The number of amides is 1. The van der Waals surface area contributed by atoms with E-state index in [0.29, 0.717) is 18.0 Å². The van der Waals surface area contributed by atoms with Gasteiger partial charge in [-0.15, -0.1) is 0 Å². The Kier molecular flexibility index (Phi) is 2.86. The molecule has 0 aromatic rings. The first-order chi connectivity index (χ1) is 7.38. The minimum atomic E-state index is -0.398. The Balaban J connectivity index is 2.07. The van der Waals surface area contributed by atoms with Crippen molar-refractivity contribution in [3.8, 4) is 0 Å². The monoisotopic (exact) mass is 226 g/mol. The summed E-state index contributed by atoms with van der Waals surface area (Å²) >= 11 is 0. The van der Waals surface area contributed by atoms with Crippen LogP contribution in [0.2, 0.25) is 0 Å². The van der Waals surface area contributed by atoms with Crippen LogP contribution >= 0.6 is 0 Å². The summed E-state index contributed by atoms with van der Waals surface area (Å²) < 4.78 is 5.47. The van der Waals surface area contributed by atoms with E-state index in [2.05, 4.69) is 12.2 Å². The van der Waals surface area contributed by atoms with E-state index in [9.17, 15) is 4.79 Å². The zero-order chi connectivity index (χ0) is 11.9. The first-order valence-electron chi connectivity index (χ1n) is 6.10. The highest BCUT2D eigenvalue weighted by atomic mass is 16.6. The molecule has 2 heterocycles. The van der Waals surface area contributed by atoms with Crippen molar-refractivity contribution in [3.05, 3.63) is 0 Å². The fraction of sp³-hybridized carbons (Fsp3) is 0.917. The van der Waals surface area contributed by atoms with Crippen LogP contribution in [0.1, 0.15) is 34.1 Å². The van der Waals surface area contributed by atoms with Crippen LogP contribution in [0.3, 0.4) is 0 Å². The summed E-state index contributed by atoms with van der Waals surface area (Å²) in [5.41, 5.74) is -0.398. The number of ether oxygens (including phenoxy) is 1. The van der Waals surface area contributed by atoms with Crippen LogP contribution in [0.25, 0.3) is 0 Å². The first-order valence-corrected chi connectivity index (χ1v) is 6.10. The Morgan fingerprint density at radius 3 is 2.62 bits per heavy atom. The van der Waals surface area contributed by atoms with Gasteiger partial charge in [0.2, 0.25) is 0 Å². The molecule has 2 aliphatic rings. The van der Waals surface area contributed by atoms with E-state index in [1.807, 2.05) is 25.7 Å². The van der Waals surface area contributed by atoms with E-state index in [0.717, 1.165) is 19.5 Å². The molecular formula is C12H22N2O2. The lowest BCUT2D eigenvalue weighted by atomic mass is 10.0. The van der Waals surface area contributed by atoms with Gasteiger partial charge in [0, 0.05) is 19.1 Å². The molecule has 16 heavy (non-hydrogen) atoms. The van der Waals surface area contributed by atoms with Gasteiger partial charge in [-0.1, -0.05) is 6.92 Å². The lowest BCUT2D eigenvalue weighted by Crippen LogP contribution is -2.55. The number of nitrogens with zero attached hydrogens (tertiary/aromatic N) is 1. The van der Waals surface area contributed by atoms with Crippen LogP contribution in [-0.2, 0) is 4.74 Å². The van der Waals surface area contributed by atoms with Crippen molar-refractivity contribution in [1.82, 2.24) is 10.2 Å². The lowest BCUT2D eigenvalue weighted by molar-refractivity contribution is 0.00862. The molecule has 0 aliphatic carbocycles. The number of hydrogen-bond donors (Lipinski definition) is 1. The number of carbonyl (C=O) groups excluding carboxylic acids is 1. The maximum Gasteiger partial charge on any atom is 0.410 e. The predicted molar refractivity (Wildman–Crippen MR) is 62.3 cm³/mol. The van der Waals surface area contributed by atoms with Crippen LogP contribution in [0.4, 0.5) is 4.79 Å². The van der Waals surface area contributed by atoms with Gasteiger partial charge in [0.25, 0.3) is 0 Å². The molecular weight excluding hydrogens is 204 g/mol. The van der Waals surface area contributed by atoms with E-state index in [1.54, 1.807) is 0 Å². The van der Waals surface area contributed by atoms with Gasteiger partial charge >= 0.3 is 6.09 Å². The molecule has 2 aliphatic heterocycles. The fourth-order valence-electron chi connectivity index (χ4n) is 2.72. The second-order valence-electron chi connectivity index (χ2n) is 5.98. The van der Waals surface area contributed by atoms with Gasteiger partial charge in [0.1, 0.15) is 5.60 Å². The van der Waals surface area contributed by atoms with Crippen molar-refractivity contribution < 1.29 is 9.53 Å². The summed E-state index contributed by atoms with van der Waals surface area (Å²) in [5, 5.41) is 3.38. The summed E-state index contributed by atoms with van der Waals surface area (Å²) in [6.07, 6.45) is 0.949. The summed E-state index contributed by atoms with van der Waals surface area (Å²) in [4.78, 5) is 14.0. The molecule has 92 valence electrons. The molecule has 2 unspecified atom stereocenters. The largest absolute Gasteiger partial charge is 0.444 e. The van der Waals surface area contributed by atoms with Gasteiger partial charge < -0.3 is 10.1 Å². The van der Waals surface area contributed by atoms with Crippen molar-refractivity contribution in [2.24, 2.45) is 5.92 Å². The van der Waals surface area contributed by atoms with Crippen LogP contribution in [-0.4, -0.2) is 41.8 Å². The Morgan fingerprint density at radius 2 is 2.06 bits per heavy atom. The highest BCUT2D eigenvalue weighted by Crippen LogP contribution is 2.32. The molecule has 2 bridgehead atoms. The molecule has 3 atom stereocenters. The average molecular weight is 226 g/mol. The molecule has 1 N–H and O–H groups in total. The Bertz CT molecular complexity index is 285. The molecule has 0 spiro atoms. The van der Waals surface area contributed by atoms with Crippen molar-refractivity contribution >= 4 is 6.09 Å². The van der Waals surface area contributed by atoms with Crippen LogP contribution in [0.5, 0.6) is 0 Å². The van der Waals surface area contributed by atoms with Crippen LogP contribution in [0.15, 0.2) is 0 Å². The Labute approximate surface area is 97.3 Å². The molecule has 0 aromatic heterocycles. The Hall–Kier alpha value is -0.770. The van der Waals surface area contributed by atoms with E-state index in [-0.39, 0.29) is 6.09 Å². The standard InChI is InChI=1S/C12H22N2O2/c1-8-5-9-6-13-7-10(8)14(9)11(15)16-12(2,3)4/h8-10,13H,5-7H2,1-4H3/t8-,9?,10?/m1/s1. The minimum absolute atomic E-state index is 0.145. The maximum absolute atomic E-state index is 12.1. The molecule has 2 saturated heterocycles. The number of carbonyl (C=O) groups is 1. The topological polar surface area (TPSA) is 41.6 Å². The predicted octanol–water partition coefficient (Wildman–Crippen LogP) is 1.60. The third-order valence-electron chi connectivity index (χ3n) is 3.39. The second-order valence-corrected chi connectivity index (χ2v) is 5.98. The van der Waals surface area contributed by atoms with Gasteiger partial charge in [-0.3, -0.25) is 4.90 Å². The summed E-state index contributed by atoms with van der Waals surface area (Å²) in [7, 11) is 0. The normalized spacial score (nSPS) is 34.0. The number of nitrogens with one attached hydrogen (secondary N) is 1. The number of fused-ring (bicyclic) bond motifs is 2. The van der Waals surface area contributed by atoms with Crippen molar-refractivity contribution in [2.75, 3.05) is 13.1 Å². The van der Waals surface area contributed by atoms with Gasteiger partial charge in [-0.25, -0.2) is 4.79 Å². The Morgan fingerprint density at radius 1 is 1.38 bits per heavy atom. The zero-order valence-corrected chi connectivity index (χ0v) is 10.6. The van der Waals surface area contributed by atoms with E-state index in [4.69, 9.17) is 4.74 Å². The third-order valence-corrected chi connectivity index (χ3v) is 3.39. The fourth-order valence-corrected chi connectivity index (χ4v) is 2.72. The van der Waals surface area contributed by atoms with E-state index < -0.39 is 5.60 Å². The molecule has 2 fully saturated rings. The summed E-state index contributed by atoms with van der Waals surface area (Å²) in [6, 6.07) is 0.636. The van der Waals surface area contributed by atoms with Gasteiger partial charge in [0.05, 0.1) is 6.04 Å². The third kappa shape index (κ3) is 2.17. The summed E-state index contributed by atoms with van der Waals surface area (Å²) in [5.74, 6) is 0.576. The smallest absolute Gasteiger partial charge is 0.410 e. The molecule has 1 amide bonds. The van der Waals surface area contributed by atoms with Crippen LogP contribution in [0, 0.1) is 5.92 Å². The second kappa shape index (κ2) is 3.91. The first kappa shape index (κ1) is 11.7. The lowest BCUT2D eigenvalue weighted by Gasteiger charge is -2.37. The quantitative estimate of drug-likeness (QED) is 0.682.